The first kappa shape index (κ1) is 60.1. The zero-order valence-corrected chi connectivity index (χ0v) is 41.7. The van der Waals surface area contributed by atoms with Gasteiger partial charge in [-0.3, -0.25) is 22.5 Å². The van der Waals surface area contributed by atoms with Crippen LogP contribution < -0.4 is 27.0 Å². The number of nitrogens with two attached hydrogens (primary N) is 1. The molecule has 0 unspecified atom stereocenters. The van der Waals surface area contributed by atoms with Crippen LogP contribution in [0.3, 0.4) is 0 Å². The highest BCUT2D eigenvalue weighted by molar-refractivity contribution is 7.78. The van der Waals surface area contributed by atoms with Gasteiger partial charge in [-0.15, -0.1) is 0 Å². The summed E-state index contributed by atoms with van der Waals surface area (Å²) in [5.74, 6) is -0.214. The van der Waals surface area contributed by atoms with E-state index in [9.17, 15) is 28.8 Å². The zero-order chi connectivity index (χ0) is 46.8. The van der Waals surface area contributed by atoms with Gasteiger partial charge in [-0.25, -0.2) is 19.2 Å². The second-order valence-electron chi connectivity index (χ2n) is 16.2. The Morgan fingerprint density at radius 3 is 1.14 bits per heavy atom. The Hall–Kier alpha value is -2.93. The van der Waals surface area contributed by atoms with Crippen molar-refractivity contribution in [3.63, 3.8) is 0 Å². The molecule has 368 valence electrons. The number of nitrogens with zero attached hydrogens (tertiary/aromatic N) is 4. The first-order chi connectivity index (χ1) is 30.4. The van der Waals surface area contributed by atoms with E-state index >= 15 is 0 Å². The molecule has 0 rings (SSSR count). The van der Waals surface area contributed by atoms with Gasteiger partial charge in [-0.05, 0) is 12.8 Å². The third kappa shape index (κ3) is 38.1. The van der Waals surface area contributed by atoms with Gasteiger partial charge in [0, 0.05) is 52.1 Å². The molecule has 0 heterocycles. The fourth-order valence-corrected chi connectivity index (χ4v) is 7.33. The summed E-state index contributed by atoms with van der Waals surface area (Å²) < 4.78 is 7.68. The van der Waals surface area contributed by atoms with Crippen LogP contribution >= 0.6 is 38.4 Å². The van der Waals surface area contributed by atoms with Crippen LogP contribution in [0.4, 0.5) is 19.2 Å². The van der Waals surface area contributed by atoms with Crippen LogP contribution in [0.5, 0.6) is 0 Å². The maximum atomic E-state index is 13.3. The van der Waals surface area contributed by atoms with Crippen LogP contribution in [0.1, 0.15) is 181 Å². The van der Waals surface area contributed by atoms with E-state index in [1.54, 1.807) is 0 Å². The highest BCUT2D eigenvalue weighted by Gasteiger charge is 2.17. The van der Waals surface area contributed by atoms with Crippen molar-refractivity contribution in [1.29, 1.82) is 0 Å². The lowest BCUT2D eigenvalue weighted by atomic mass is 10.0. The van der Waals surface area contributed by atoms with E-state index in [1.165, 1.54) is 128 Å². The van der Waals surface area contributed by atoms with Gasteiger partial charge in [0.15, 0.2) is 0 Å². The minimum atomic E-state index is -0.960. The molecule has 0 fully saturated rings. The number of urea groups is 3. The maximum absolute atomic E-state index is 13.3. The average Bonchev–Trinajstić information content (AvgIpc) is 3.26. The number of carbonyl (C=O) groups excluding carboxylic acids is 6. The van der Waals surface area contributed by atoms with Crippen molar-refractivity contribution in [2.75, 3.05) is 65.5 Å². The van der Waals surface area contributed by atoms with E-state index in [0.717, 1.165) is 51.7 Å². The Morgan fingerprint density at radius 1 is 0.429 bits per heavy atom. The van der Waals surface area contributed by atoms with Crippen LogP contribution in [0.2, 0.25) is 0 Å². The number of ether oxygens (including phenoxy) is 1. The quantitative estimate of drug-likeness (QED) is 0.0221. The molecule has 0 aliphatic rings. The molecule has 0 aliphatic carbocycles. The molecule has 0 aliphatic heterocycles. The number of hydrogen-bond donors (Lipinski definition) is 8. The molecule has 9 amide bonds. The third-order valence-corrected chi connectivity index (χ3v) is 11.8. The highest BCUT2D eigenvalue weighted by atomic mass is 32.1. The lowest BCUT2D eigenvalue weighted by Crippen LogP contribution is -2.44. The Labute approximate surface area is 397 Å². The molecular formula is C44H87N9O7S3. The number of amides is 9. The number of hydrogen-bond acceptors (Lipinski definition) is 10. The fraction of sp³-hybridized carbons (Fsp3) is 0.864. The second kappa shape index (κ2) is 43.0. The van der Waals surface area contributed by atoms with Gasteiger partial charge in [0.2, 0.25) is 11.8 Å². The number of thiol groups is 3. The predicted molar refractivity (Wildman–Crippen MR) is 264 cm³/mol. The monoisotopic (exact) mass is 950 g/mol. The SMILES string of the molecule is CCCCCCCCCCCCCCN(CCCCCCCCCCCCCC)C(=O)CCC(=O)NCCNC(=O)N(S)CCNC(=O)N(S)CCNC(=O)N(S)CCOC(N)=O. The molecule has 0 atom stereocenters. The predicted octanol–water partition coefficient (Wildman–Crippen LogP) is 8.78. The summed E-state index contributed by atoms with van der Waals surface area (Å²) in [7, 11) is 0. The normalized spacial score (nSPS) is 10.8. The topological polar surface area (TPSA) is 199 Å². The Bertz CT molecular complexity index is 1180. The minimum absolute atomic E-state index is 0.00570. The van der Waals surface area contributed by atoms with E-state index < -0.39 is 24.2 Å². The minimum Gasteiger partial charge on any atom is -0.448 e. The molecule has 63 heavy (non-hydrogen) atoms. The first-order valence-electron chi connectivity index (χ1n) is 24.1. The molecule has 6 N–H and O–H groups in total. The smallest absolute Gasteiger partial charge is 0.404 e. The summed E-state index contributed by atoms with van der Waals surface area (Å²) in [6.07, 6.45) is 29.8. The van der Waals surface area contributed by atoms with Crippen LogP contribution in [-0.2, 0) is 14.3 Å². The van der Waals surface area contributed by atoms with Crippen LogP contribution in [0.25, 0.3) is 0 Å². The number of nitrogens with one attached hydrogen (secondary N) is 4. The summed E-state index contributed by atoms with van der Waals surface area (Å²) in [4.78, 5) is 75.3. The Kier molecular flexibility index (Phi) is 41.0. The van der Waals surface area contributed by atoms with Gasteiger partial charge < -0.3 is 36.6 Å². The van der Waals surface area contributed by atoms with Gasteiger partial charge in [-0.1, -0.05) is 194 Å². The number of rotatable bonds is 41. The third-order valence-electron chi connectivity index (χ3n) is 10.7. The van der Waals surface area contributed by atoms with Crippen molar-refractivity contribution in [3.8, 4) is 0 Å². The maximum Gasteiger partial charge on any atom is 0.404 e. The van der Waals surface area contributed by atoms with E-state index in [4.69, 9.17) is 5.73 Å². The molecule has 0 saturated carbocycles. The van der Waals surface area contributed by atoms with Crippen molar-refractivity contribution in [2.45, 2.75) is 181 Å². The first-order valence-corrected chi connectivity index (χ1v) is 25.3. The van der Waals surface area contributed by atoms with Gasteiger partial charge in [-0.2, -0.15) is 0 Å². The molecule has 0 bridgehead atoms. The van der Waals surface area contributed by atoms with Crippen molar-refractivity contribution < 1.29 is 33.5 Å². The molecule has 0 aromatic carbocycles. The largest absolute Gasteiger partial charge is 0.448 e. The molecule has 16 nitrogen and oxygen atoms in total. The van der Waals surface area contributed by atoms with Crippen molar-refractivity contribution >= 4 is 74.4 Å². The lowest BCUT2D eigenvalue weighted by Gasteiger charge is -2.23. The Balaban J connectivity index is 4.44. The molecule has 0 saturated heterocycles. The van der Waals surface area contributed by atoms with Gasteiger partial charge in [0.25, 0.3) is 0 Å². The molecule has 0 spiro atoms. The zero-order valence-electron chi connectivity index (χ0n) is 39.0. The number of carbonyl (C=O) groups is 6. The van der Waals surface area contributed by atoms with Gasteiger partial charge in [0.05, 0.1) is 19.6 Å². The summed E-state index contributed by atoms with van der Waals surface area (Å²) in [6, 6.07) is -1.63. The van der Waals surface area contributed by atoms with E-state index in [2.05, 4.69) is 78.3 Å². The van der Waals surface area contributed by atoms with Crippen LogP contribution in [0.15, 0.2) is 0 Å². The standard InChI is InChI=1S/C44H87N9O7S3/c1-3-5-7-9-11-13-15-17-19-21-23-25-33-50(34-26-24-22-20-18-16-14-12-10-8-6-4-2)40(55)28-27-39(54)46-29-30-47-42(57)51(61)35-31-48-43(58)52(62)36-32-49-44(59)53(63)37-38-60-41(45)56/h61-63H,3-38H2,1-2H3,(H2,45,56)(H,46,54)(H,47,57)(H,48,58)(H,49,59). The second-order valence-corrected chi connectivity index (χ2v) is 17.7. The lowest BCUT2D eigenvalue weighted by molar-refractivity contribution is -0.133. The molecule has 0 aromatic heterocycles. The van der Waals surface area contributed by atoms with E-state index in [1.807, 2.05) is 4.90 Å². The summed E-state index contributed by atoms with van der Waals surface area (Å²) >= 11 is 12.3. The molecule has 0 aromatic rings. The average molecular weight is 950 g/mol. The number of primary amides is 1. The fourth-order valence-electron chi connectivity index (χ4n) is 6.84. The van der Waals surface area contributed by atoms with Crippen molar-refractivity contribution in [1.82, 2.24) is 39.1 Å². The van der Waals surface area contributed by atoms with Gasteiger partial charge >= 0.3 is 24.2 Å². The summed E-state index contributed by atoms with van der Waals surface area (Å²) in [5.41, 5.74) is 4.87. The summed E-state index contributed by atoms with van der Waals surface area (Å²) in [5, 5.41) is 10.6. The molecule has 19 heteroatoms. The molecular weight excluding hydrogens is 863 g/mol. The van der Waals surface area contributed by atoms with Crippen LogP contribution in [-0.4, -0.2) is 119 Å². The van der Waals surface area contributed by atoms with Gasteiger partial charge in [0.1, 0.15) is 6.61 Å². The number of unbranched alkanes of at least 4 members (excludes halogenated alkanes) is 22. The summed E-state index contributed by atoms with van der Waals surface area (Å²) in [6.45, 7) is 6.50. The van der Waals surface area contributed by atoms with Crippen molar-refractivity contribution in [2.24, 2.45) is 5.73 Å². The van der Waals surface area contributed by atoms with E-state index in [0.29, 0.717) is 0 Å². The van der Waals surface area contributed by atoms with E-state index in [-0.39, 0.29) is 77.1 Å². The van der Waals surface area contributed by atoms with Crippen molar-refractivity contribution in [3.05, 3.63) is 0 Å². The van der Waals surface area contributed by atoms with Crippen LogP contribution in [0, 0.1) is 0 Å². The Morgan fingerprint density at radius 2 is 0.762 bits per heavy atom. The molecule has 0 radical (unpaired) electrons. The highest BCUT2D eigenvalue weighted by Crippen LogP contribution is 2.15.